The lowest BCUT2D eigenvalue weighted by molar-refractivity contribution is 0.339. The number of methoxy groups -OCH3 is 1. The summed E-state index contributed by atoms with van der Waals surface area (Å²) in [6.45, 7) is 4.64. The zero-order valence-electron chi connectivity index (χ0n) is 12.7. The monoisotopic (exact) mass is 286 g/mol. The normalized spacial score (nSPS) is 12.0. The zero-order valence-corrected chi connectivity index (χ0v) is 12.7. The van der Waals surface area contributed by atoms with Gasteiger partial charge in [0.2, 0.25) is 0 Å². The Morgan fingerprint density at radius 1 is 1.14 bits per heavy atom. The minimum Gasteiger partial charge on any atom is -0.496 e. The lowest BCUT2D eigenvalue weighted by Gasteiger charge is -2.19. The third-order valence-corrected chi connectivity index (χ3v) is 3.42. The molecule has 3 N–H and O–H groups in total. The molecular formula is C17H22N2O2. The van der Waals surface area contributed by atoms with E-state index in [-0.39, 0.29) is 6.04 Å². The Balaban J connectivity index is 2.34. The van der Waals surface area contributed by atoms with E-state index in [1.807, 2.05) is 50.2 Å². The van der Waals surface area contributed by atoms with Gasteiger partial charge in [0.05, 0.1) is 19.8 Å². The van der Waals surface area contributed by atoms with Crippen molar-refractivity contribution in [3.63, 3.8) is 0 Å². The first-order valence-corrected chi connectivity index (χ1v) is 7.03. The molecule has 112 valence electrons. The van der Waals surface area contributed by atoms with E-state index in [2.05, 4.69) is 11.5 Å². The molecule has 0 bridgehead atoms. The van der Waals surface area contributed by atoms with E-state index in [0.29, 0.717) is 6.61 Å². The van der Waals surface area contributed by atoms with Crippen LogP contribution in [0.2, 0.25) is 0 Å². The highest BCUT2D eigenvalue weighted by molar-refractivity contribution is 5.42. The van der Waals surface area contributed by atoms with Gasteiger partial charge in [-0.05, 0) is 48.7 Å². The molecule has 0 aliphatic carbocycles. The standard InChI is InChI=1S/C17H22N2O2/c1-4-21-15-7-5-6-13(11-15)17(19-18)14-8-9-16(20-3)12(2)10-14/h5-11,17,19H,4,18H2,1-3H3. The van der Waals surface area contributed by atoms with Crippen LogP contribution in [0.4, 0.5) is 0 Å². The quantitative estimate of drug-likeness (QED) is 0.633. The van der Waals surface area contributed by atoms with Gasteiger partial charge in [0.15, 0.2) is 0 Å². The maximum atomic E-state index is 5.76. The van der Waals surface area contributed by atoms with E-state index < -0.39 is 0 Å². The van der Waals surface area contributed by atoms with Crippen molar-refractivity contribution in [3.8, 4) is 11.5 Å². The average Bonchev–Trinajstić information content (AvgIpc) is 2.49. The number of aryl methyl sites for hydroxylation is 1. The van der Waals surface area contributed by atoms with Gasteiger partial charge in [0.25, 0.3) is 0 Å². The van der Waals surface area contributed by atoms with Gasteiger partial charge in [-0.1, -0.05) is 24.3 Å². The minimum atomic E-state index is -0.0880. The highest BCUT2D eigenvalue weighted by Gasteiger charge is 2.14. The molecule has 1 atom stereocenters. The largest absolute Gasteiger partial charge is 0.496 e. The predicted molar refractivity (Wildman–Crippen MR) is 84.5 cm³/mol. The maximum absolute atomic E-state index is 5.76. The van der Waals surface area contributed by atoms with E-state index in [1.54, 1.807) is 7.11 Å². The van der Waals surface area contributed by atoms with Gasteiger partial charge in [-0.3, -0.25) is 5.84 Å². The van der Waals surface area contributed by atoms with Gasteiger partial charge in [-0.25, -0.2) is 5.43 Å². The summed E-state index contributed by atoms with van der Waals surface area (Å²) in [5.41, 5.74) is 6.10. The Morgan fingerprint density at radius 3 is 2.52 bits per heavy atom. The van der Waals surface area contributed by atoms with Crippen LogP contribution in [0.15, 0.2) is 42.5 Å². The molecule has 0 aliphatic heterocycles. The number of benzene rings is 2. The Hall–Kier alpha value is -2.04. The summed E-state index contributed by atoms with van der Waals surface area (Å²) in [5, 5.41) is 0. The highest BCUT2D eigenvalue weighted by atomic mass is 16.5. The SMILES string of the molecule is CCOc1cccc(C(NN)c2ccc(OC)c(C)c2)c1. The lowest BCUT2D eigenvalue weighted by atomic mass is 9.97. The number of hydrogen-bond donors (Lipinski definition) is 2. The molecule has 0 amide bonds. The van der Waals surface area contributed by atoms with E-state index in [9.17, 15) is 0 Å². The van der Waals surface area contributed by atoms with E-state index in [0.717, 1.165) is 28.2 Å². The molecule has 0 spiro atoms. The van der Waals surface area contributed by atoms with Gasteiger partial charge >= 0.3 is 0 Å². The predicted octanol–water partition coefficient (Wildman–Crippen LogP) is 2.96. The first-order chi connectivity index (χ1) is 10.2. The fourth-order valence-corrected chi connectivity index (χ4v) is 2.42. The Morgan fingerprint density at radius 2 is 1.90 bits per heavy atom. The molecule has 0 fully saturated rings. The maximum Gasteiger partial charge on any atom is 0.121 e. The van der Waals surface area contributed by atoms with E-state index in [1.165, 1.54) is 0 Å². The first kappa shape index (κ1) is 15.4. The minimum absolute atomic E-state index is 0.0880. The van der Waals surface area contributed by atoms with Crippen molar-refractivity contribution in [1.82, 2.24) is 5.43 Å². The van der Waals surface area contributed by atoms with Crippen LogP contribution in [0.25, 0.3) is 0 Å². The molecule has 0 aromatic heterocycles. The van der Waals surface area contributed by atoms with Crippen molar-refractivity contribution in [2.75, 3.05) is 13.7 Å². The van der Waals surface area contributed by atoms with Gasteiger partial charge in [-0.2, -0.15) is 0 Å². The van der Waals surface area contributed by atoms with Gasteiger partial charge < -0.3 is 9.47 Å². The van der Waals surface area contributed by atoms with Crippen molar-refractivity contribution < 1.29 is 9.47 Å². The lowest BCUT2D eigenvalue weighted by Crippen LogP contribution is -2.28. The molecule has 0 aliphatic rings. The first-order valence-electron chi connectivity index (χ1n) is 7.03. The van der Waals surface area contributed by atoms with Crippen LogP contribution in [-0.4, -0.2) is 13.7 Å². The number of rotatable bonds is 6. The molecule has 4 heteroatoms. The Kier molecular flexibility index (Phi) is 5.20. The van der Waals surface area contributed by atoms with Crippen molar-refractivity contribution in [2.24, 2.45) is 5.84 Å². The fourth-order valence-electron chi connectivity index (χ4n) is 2.42. The van der Waals surface area contributed by atoms with Crippen LogP contribution in [0.5, 0.6) is 11.5 Å². The molecule has 2 aromatic rings. The van der Waals surface area contributed by atoms with Crippen LogP contribution in [-0.2, 0) is 0 Å². The molecule has 2 rings (SSSR count). The van der Waals surface area contributed by atoms with Crippen LogP contribution in [0.3, 0.4) is 0 Å². The fraction of sp³-hybridized carbons (Fsp3) is 0.294. The van der Waals surface area contributed by atoms with Gasteiger partial charge in [0.1, 0.15) is 11.5 Å². The Labute approximate surface area is 125 Å². The Bertz CT molecular complexity index is 599. The van der Waals surface area contributed by atoms with Crippen LogP contribution in [0, 0.1) is 6.92 Å². The van der Waals surface area contributed by atoms with Gasteiger partial charge in [0, 0.05) is 0 Å². The molecular weight excluding hydrogens is 264 g/mol. The second-order valence-electron chi connectivity index (χ2n) is 4.83. The summed E-state index contributed by atoms with van der Waals surface area (Å²) in [4.78, 5) is 0. The summed E-state index contributed by atoms with van der Waals surface area (Å²) in [5.74, 6) is 7.48. The van der Waals surface area contributed by atoms with Crippen molar-refractivity contribution in [3.05, 3.63) is 59.2 Å². The highest BCUT2D eigenvalue weighted by Crippen LogP contribution is 2.28. The topological polar surface area (TPSA) is 56.5 Å². The molecule has 21 heavy (non-hydrogen) atoms. The third-order valence-electron chi connectivity index (χ3n) is 3.42. The molecule has 0 saturated heterocycles. The molecule has 4 nitrogen and oxygen atoms in total. The second-order valence-corrected chi connectivity index (χ2v) is 4.83. The second kappa shape index (κ2) is 7.11. The number of ether oxygens (including phenoxy) is 2. The molecule has 1 unspecified atom stereocenters. The summed E-state index contributed by atoms with van der Waals surface area (Å²) in [6, 6.07) is 13.9. The van der Waals surface area contributed by atoms with Crippen molar-refractivity contribution >= 4 is 0 Å². The van der Waals surface area contributed by atoms with E-state index in [4.69, 9.17) is 15.3 Å². The molecule has 0 saturated carbocycles. The van der Waals surface area contributed by atoms with Crippen LogP contribution < -0.4 is 20.7 Å². The molecule has 0 radical (unpaired) electrons. The van der Waals surface area contributed by atoms with Crippen LogP contribution >= 0.6 is 0 Å². The number of hydrazine groups is 1. The average molecular weight is 286 g/mol. The summed E-state index contributed by atoms with van der Waals surface area (Å²) >= 11 is 0. The molecule has 0 heterocycles. The van der Waals surface area contributed by atoms with Crippen molar-refractivity contribution in [2.45, 2.75) is 19.9 Å². The summed E-state index contributed by atoms with van der Waals surface area (Å²) in [7, 11) is 1.67. The van der Waals surface area contributed by atoms with Crippen LogP contribution in [0.1, 0.15) is 29.7 Å². The zero-order chi connectivity index (χ0) is 15.2. The van der Waals surface area contributed by atoms with E-state index >= 15 is 0 Å². The number of hydrogen-bond acceptors (Lipinski definition) is 4. The molecule has 2 aromatic carbocycles. The number of nitrogens with two attached hydrogens (primary N) is 1. The van der Waals surface area contributed by atoms with Crippen molar-refractivity contribution in [1.29, 1.82) is 0 Å². The smallest absolute Gasteiger partial charge is 0.121 e. The summed E-state index contributed by atoms with van der Waals surface area (Å²) in [6.07, 6.45) is 0. The third kappa shape index (κ3) is 3.54. The summed E-state index contributed by atoms with van der Waals surface area (Å²) < 4.78 is 10.8. The number of nitrogens with one attached hydrogen (secondary N) is 1. The van der Waals surface area contributed by atoms with Gasteiger partial charge in [-0.15, -0.1) is 0 Å².